The predicted octanol–water partition coefficient (Wildman–Crippen LogP) is 6.11. The molecule has 0 N–H and O–H groups in total. The highest BCUT2D eigenvalue weighted by Gasteiger charge is 2.23. The van der Waals surface area contributed by atoms with Crippen LogP contribution in [0.5, 0.6) is 0 Å². The second-order valence-corrected chi connectivity index (χ2v) is 9.95. The molecule has 0 saturated heterocycles. The number of aromatic nitrogens is 3. The first-order chi connectivity index (χ1) is 14.3. The predicted molar refractivity (Wildman–Crippen MR) is 125 cm³/mol. The van der Waals surface area contributed by atoms with Crippen molar-refractivity contribution in [3.63, 3.8) is 0 Å². The van der Waals surface area contributed by atoms with Gasteiger partial charge in [0.25, 0.3) is 6.33 Å². The van der Waals surface area contributed by atoms with E-state index < -0.39 is 0 Å². The van der Waals surface area contributed by atoms with E-state index in [2.05, 4.69) is 92.2 Å². The van der Waals surface area contributed by atoms with Crippen LogP contribution in [-0.4, -0.2) is 9.38 Å². The fourth-order valence-corrected chi connectivity index (χ4v) is 5.28. The lowest BCUT2D eigenvalue weighted by Crippen LogP contribution is -2.30. The summed E-state index contributed by atoms with van der Waals surface area (Å²) in [5.41, 5.74) is 9.12. The summed E-state index contributed by atoms with van der Waals surface area (Å²) in [7, 11) is 2.11. The number of benzene rings is 3. The van der Waals surface area contributed by atoms with Crippen LogP contribution >= 0.6 is 0 Å². The van der Waals surface area contributed by atoms with Gasteiger partial charge in [-0.05, 0) is 59.1 Å². The van der Waals surface area contributed by atoms with Gasteiger partial charge in [-0.1, -0.05) is 45.0 Å². The molecule has 6 rings (SSSR count). The third-order valence-electron chi connectivity index (χ3n) is 6.39. The SMILES string of the molecule is Cc1ccc2c3cc(CC(C)(C)C)ccc3n3c4cccc5nc[n+](C)c(c1c23)c54. The first kappa shape index (κ1) is 17.6. The molecule has 3 heterocycles. The molecule has 0 aliphatic carbocycles. The largest absolute Gasteiger partial charge is 0.308 e. The average molecular weight is 393 g/mol. The molecule has 0 atom stereocenters. The molecule has 3 heteroatoms. The monoisotopic (exact) mass is 392 g/mol. The second-order valence-electron chi connectivity index (χ2n) is 9.95. The Kier molecular flexibility index (Phi) is 3.35. The minimum absolute atomic E-state index is 0.267. The summed E-state index contributed by atoms with van der Waals surface area (Å²) >= 11 is 0. The smallest absolute Gasteiger partial charge is 0.287 e. The van der Waals surface area contributed by atoms with E-state index in [1.807, 2.05) is 6.33 Å². The van der Waals surface area contributed by atoms with Gasteiger partial charge in [0.05, 0.1) is 29.0 Å². The molecule has 0 spiro atoms. The topological polar surface area (TPSA) is 21.2 Å². The van der Waals surface area contributed by atoms with Crippen LogP contribution in [0.3, 0.4) is 0 Å². The number of aryl methyl sites for hydroxylation is 2. The summed E-state index contributed by atoms with van der Waals surface area (Å²) in [5, 5.41) is 5.24. The standard InChI is InChI=1S/C27H26N3/c1-16-9-11-18-19-13-17(14-27(2,3)4)10-12-21(19)30-22-8-6-7-20-24(22)26(23(16)25(18)30)29(5)15-28-20/h6-13,15H,14H2,1-5H3/q+1. The van der Waals surface area contributed by atoms with E-state index in [0.29, 0.717) is 0 Å². The van der Waals surface area contributed by atoms with E-state index in [4.69, 9.17) is 4.98 Å². The molecule has 0 aliphatic heterocycles. The lowest BCUT2D eigenvalue weighted by atomic mass is 9.88. The van der Waals surface area contributed by atoms with E-state index in [9.17, 15) is 0 Å². The van der Waals surface area contributed by atoms with Gasteiger partial charge in [-0.25, -0.2) is 4.57 Å². The highest BCUT2D eigenvalue weighted by Crippen LogP contribution is 2.40. The first-order valence-electron chi connectivity index (χ1n) is 10.7. The molecular weight excluding hydrogens is 366 g/mol. The fraction of sp³-hybridized carbons (Fsp3) is 0.259. The Morgan fingerprint density at radius 2 is 1.77 bits per heavy atom. The Hall–Kier alpha value is -3.20. The van der Waals surface area contributed by atoms with E-state index in [1.54, 1.807) is 0 Å². The van der Waals surface area contributed by atoms with E-state index >= 15 is 0 Å². The summed E-state index contributed by atoms with van der Waals surface area (Å²) in [6, 6.07) is 18.1. The zero-order chi connectivity index (χ0) is 20.8. The number of fused-ring (bicyclic) bond motifs is 5. The molecule has 3 aromatic heterocycles. The first-order valence-corrected chi connectivity index (χ1v) is 10.7. The second kappa shape index (κ2) is 5.69. The number of pyridine rings is 1. The zero-order valence-electron chi connectivity index (χ0n) is 18.2. The van der Waals surface area contributed by atoms with Crippen LogP contribution in [0.4, 0.5) is 0 Å². The van der Waals surface area contributed by atoms with Crippen molar-refractivity contribution in [3.8, 4) is 0 Å². The van der Waals surface area contributed by atoms with Crippen LogP contribution in [0.2, 0.25) is 0 Å². The highest BCUT2D eigenvalue weighted by molar-refractivity contribution is 6.25. The van der Waals surface area contributed by atoms with Gasteiger partial charge in [0.1, 0.15) is 5.52 Å². The average Bonchev–Trinajstić information content (AvgIpc) is 3.01. The van der Waals surface area contributed by atoms with Crippen molar-refractivity contribution in [3.05, 3.63) is 66.0 Å². The van der Waals surface area contributed by atoms with Gasteiger partial charge in [0.15, 0.2) is 5.52 Å². The minimum atomic E-state index is 0.267. The Bertz CT molecular complexity index is 1610. The van der Waals surface area contributed by atoms with Crippen molar-refractivity contribution >= 4 is 49.1 Å². The van der Waals surface area contributed by atoms with Crippen molar-refractivity contribution in [1.82, 2.24) is 9.38 Å². The number of nitrogens with zero attached hydrogens (tertiary/aromatic N) is 3. The summed E-state index contributed by atoms with van der Waals surface area (Å²) in [6.07, 6.45) is 3.02. The summed E-state index contributed by atoms with van der Waals surface area (Å²) in [6.45, 7) is 9.14. The van der Waals surface area contributed by atoms with Crippen molar-refractivity contribution in [2.45, 2.75) is 34.1 Å². The molecule has 0 bridgehead atoms. The Labute approximate surface area is 175 Å². The summed E-state index contributed by atoms with van der Waals surface area (Å²) in [5.74, 6) is 0. The van der Waals surface area contributed by atoms with Crippen LogP contribution in [0.1, 0.15) is 31.9 Å². The third kappa shape index (κ3) is 2.26. The maximum Gasteiger partial charge on any atom is 0.287 e. The number of rotatable bonds is 1. The molecular formula is C27H26N3+. The van der Waals surface area contributed by atoms with E-state index in [0.717, 1.165) is 11.9 Å². The summed E-state index contributed by atoms with van der Waals surface area (Å²) in [4.78, 5) is 4.72. The fourth-order valence-electron chi connectivity index (χ4n) is 5.28. The van der Waals surface area contributed by atoms with Crippen molar-refractivity contribution < 1.29 is 4.57 Å². The molecule has 3 nitrogen and oxygen atoms in total. The van der Waals surface area contributed by atoms with Crippen molar-refractivity contribution in [2.24, 2.45) is 12.5 Å². The number of hydrogen-bond acceptors (Lipinski definition) is 1. The van der Waals surface area contributed by atoms with Crippen molar-refractivity contribution in [2.75, 3.05) is 0 Å². The summed E-state index contributed by atoms with van der Waals surface area (Å²) < 4.78 is 4.64. The highest BCUT2D eigenvalue weighted by atomic mass is 15.0. The van der Waals surface area contributed by atoms with Crippen LogP contribution in [-0.2, 0) is 13.5 Å². The normalized spacial score (nSPS) is 13.0. The molecule has 0 unspecified atom stereocenters. The van der Waals surface area contributed by atoms with Gasteiger partial charge in [-0.2, -0.15) is 0 Å². The molecule has 148 valence electrons. The Morgan fingerprint density at radius 3 is 2.57 bits per heavy atom. The van der Waals surface area contributed by atoms with Gasteiger partial charge >= 0.3 is 0 Å². The Morgan fingerprint density at radius 1 is 0.933 bits per heavy atom. The van der Waals surface area contributed by atoms with Gasteiger partial charge in [0, 0.05) is 16.2 Å². The molecule has 6 aromatic rings. The molecule has 0 aliphatic rings. The van der Waals surface area contributed by atoms with Gasteiger partial charge in [-0.3, -0.25) is 0 Å². The molecule has 3 aromatic carbocycles. The van der Waals surface area contributed by atoms with Crippen LogP contribution in [0.15, 0.2) is 54.9 Å². The molecule has 0 amide bonds. The van der Waals surface area contributed by atoms with E-state index in [-0.39, 0.29) is 5.41 Å². The quantitative estimate of drug-likeness (QED) is 0.188. The molecule has 0 radical (unpaired) electrons. The Balaban J connectivity index is 1.91. The van der Waals surface area contributed by atoms with E-state index in [1.165, 1.54) is 54.7 Å². The molecule has 30 heavy (non-hydrogen) atoms. The molecule has 0 fully saturated rings. The molecule has 0 saturated carbocycles. The van der Waals surface area contributed by atoms with Crippen LogP contribution in [0, 0.1) is 12.3 Å². The number of hydrogen-bond donors (Lipinski definition) is 0. The maximum absolute atomic E-state index is 4.72. The zero-order valence-corrected chi connectivity index (χ0v) is 18.2. The minimum Gasteiger partial charge on any atom is -0.308 e. The van der Waals surface area contributed by atoms with Crippen LogP contribution in [0.25, 0.3) is 49.1 Å². The lowest BCUT2D eigenvalue weighted by molar-refractivity contribution is -0.646. The maximum atomic E-state index is 4.72. The third-order valence-corrected chi connectivity index (χ3v) is 6.39. The van der Waals surface area contributed by atoms with Gasteiger partial charge < -0.3 is 4.40 Å². The van der Waals surface area contributed by atoms with Gasteiger partial charge in [0.2, 0.25) is 0 Å². The van der Waals surface area contributed by atoms with Gasteiger partial charge in [-0.15, -0.1) is 0 Å². The van der Waals surface area contributed by atoms with Crippen molar-refractivity contribution in [1.29, 1.82) is 0 Å². The lowest BCUT2D eigenvalue weighted by Gasteiger charge is -2.18. The van der Waals surface area contributed by atoms with Crippen LogP contribution < -0.4 is 4.57 Å².